The molecule has 5 rings (SSSR count). The molecule has 39 heavy (non-hydrogen) atoms. The highest BCUT2D eigenvalue weighted by Crippen LogP contribution is 2.43. The number of carboxylic acid groups (broad SMARTS) is 1. The number of nitrogens with one attached hydrogen (secondary N) is 2. The molecule has 3 fully saturated rings. The normalized spacial score (nSPS) is 24.7. The Morgan fingerprint density at radius 3 is 2.74 bits per heavy atom. The fraction of sp³-hybridized carbons (Fsp3) is 0.440. The van der Waals surface area contributed by atoms with Crippen molar-refractivity contribution in [2.45, 2.75) is 56.0 Å². The van der Waals surface area contributed by atoms with Crippen LogP contribution in [0.4, 0.5) is 5.13 Å². The molecule has 1 aliphatic carbocycles. The lowest BCUT2D eigenvalue weighted by atomic mass is 9.92. The molecule has 2 saturated heterocycles. The summed E-state index contributed by atoms with van der Waals surface area (Å²) in [5.74, 6) is -2.51. The molecule has 0 spiro atoms. The van der Waals surface area contributed by atoms with Gasteiger partial charge in [-0.25, -0.2) is 9.78 Å². The van der Waals surface area contributed by atoms with Crippen LogP contribution in [0, 0.1) is 0 Å². The second-order valence-electron chi connectivity index (χ2n) is 9.47. The molecule has 1 saturated carbocycles. The fourth-order valence-corrected chi connectivity index (χ4v) is 7.10. The molecule has 2 atom stereocenters. The summed E-state index contributed by atoms with van der Waals surface area (Å²) in [5, 5.41) is 20.8. The number of allylic oxidation sites excluding steroid dienone is 2. The van der Waals surface area contributed by atoms with E-state index in [0.717, 1.165) is 37.0 Å². The number of hydrogen-bond donors (Lipinski definition) is 4. The van der Waals surface area contributed by atoms with E-state index >= 15 is 0 Å². The van der Waals surface area contributed by atoms with Crippen molar-refractivity contribution in [3.8, 4) is 0 Å². The third kappa shape index (κ3) is 5.17. The zero-order valence-corrected chi connectivity index (χ0v) is 22.6. The van der Waals surface area contributed by atoms with Gasteiger partial charge in [-0.2, -0.15) is 0 Å². The van der Waals surface area contributed by atoms with Crippen molar-refractivity contribution in [2.24, 2.45) is 5.16 Å². The lowest BCUT2D eigenvalue weighted by molar-refractivity contribution is -0.150. The van der Waals surface area contributed by atoms with E-state index in [9.17, 15) is 24.3 Å². The van der Waals surface area contributed by atoms with Gasteiger partial charge in [0.15, 0.2) is 10.8 Å². The van der Waals surface area contributed by atoms with Crippen molar-refractivity contribution in [2.75, 3.05) is 18.0 Å². The van der Waals surface area contributed by atoms with Gasteiger partial charge < -0.3 is 26.3 Å². The van der Waals surface area contributed by atoms with Crippen LogP contribution in [0.15, 0.2) is 45.6 Å². The number of carbonyl (C=O) groups excluding carboxylic acids is 3. The maximum Gasteiger partial charge on any atom is 0.352 e. The molecule has 3 aliphatic heterocycles. The van der Waals surface area contributed by atoms with Crippen LogP contribution >= 0.6 is 23.1 Å². The van der Waals surface area contributed by atoms with Crippen LogP contribution in [-0.4, -0.2) is 74.2 Å². The average Bonchev–Trinajstić information content (AvgIpc) is 3.68. The summed E-state index contributed by atoms with van der Waals surface area (Å²) in [4.78, 5) is 62.3. The summed E-state index contributed by atoms with van der Waals surface area (Å²) in [6.07, 6.45) is 5.99. The summed E-state index contributed by atoms with van der Waals surface area (Å²) >= 11 is 2.47. The van der Waals surface area contributed by atoms with Gasteiger partial charge in [0.05, 0.1) is 0 Å². The second-order valence-corrected chi connectivity index (χ2v) is 11.5. The molecule has 1 aromatic rings. The number of anilines is 1. The predicted molar refractivity (Wildman–Crippen MR) is 146 cm³/mol. The number of nitrogens with two attached hydrogens (primary N) is 1. The van der Waals surface area contributed by atoms with E-state index in [1.54, 1.807) is 11.5 Å². The minimum Gasteiger partial charge on any atom is -0.477 e. The number of hydrogen-bond acceptors (Lipinski definition) is 10. The Morgan fingerprint density at radius 1 is 1.36 bits per heavy atom. The highest BCUT2D eigenvalue weighted by molar-refractivity contribution is 8.00. The molecule has 3 amide bonds. The van der Waals surface area contributed by atoms with Crippen LogP contribution < -0.4 is 16.4 Å². The molecular formula is C25H28N6O6S2. The maximum atomic E-state index is 13.3. The topological polar surface area (TPSA) is 176 Å². The minimum atomic E-state index is -1.28. The SMILES string of the molecule is C=CCC(=C1CCNC1=O)C1=C(C(=O)O)N2C(=O)[C@@H](NC(=O)C(=NOC3CCCC3)c3csc(N)n3)[C@H]2SC1. The van der Waals surface area contributed by atoms with Gasteiger partial charge in [0.2, 0.25) is 5.91 Å². The third-order valence-corrected chi connectivity index (χ3v) is 9.00. The third-order valence-electron chi connectivity index (χ3n) is 7.04. The Hall–Kier alpha value is -3.65. The number of carboxylic acids is 1. The van der Waals surface area contributed by atoms with E-state index in [2.05, 4.69) is 27.4 Å². The zero-order chi connectivity index (χ0) is 27.7. The smallest absolute Gasteiger partial charge is 0.352 e. The molecular weight excluding hydrogens is 544 g/mol. The van der Waals surface area contributed by atoms with Crippen LogP contribution in [-0.2, 0) is 24.0 Å². The minimum absolute atomic E-state index is 0.0955. The quantitative estimate of drug-likeness (QED) is 0.112. The molecule has 4 aliphatic rings. The van der Waals surface area contributed by atoms with Crippen molar-refractivity contribution in [1.29, 1.82) is 0 Å². The first-order chi connectivity index (χ1) is 18.8. The van der Waals surface area contributed by atoms with Crippen molar-refractivity contribution in [3.05, 3.63) is 46.1 Å². The van der Waals surface area contributed by atoms with Crippen LogP contribution in [0.3, 0.4) is 0 Å². The summed E-state index contributed by atoms with van der Waals surface area (Å²) in [6.45, 7) is 4.22. The molecule has 14 heteroatoms. The number of β-lactam (4-membered cyclic amide) rings is 1. The van der Waals surface area contributed by atoms with Crippen LogP contribution in [0.1, 0.15) is 44.2 Å². The van der Waals surface area contributed by atoms with E-state index in [0.29, 0.717) is 36.1 Å². The zero-order valence-electron chi connectivity index (χ0n) is 21.0. The Kier molecular flexibility index (Phi) is 7.75. The first-order valence-corrected chi connectivity index (χ1v) is 14.5. The summed E-state index contributed by atoms with van der Waals surface area (Å²) in [7, 11) is 0. The van der Waals surface area contributed by atoms with Crippen molar-refractivity contribution < 1.29 is 29.1 Å². The Morgan fingerprint density at radius 2 is 2.13 bits per heavy atom. The van der Waals surface area contributed by atoms with Gasteiger partial charge >= 0.3 is 5.97 Å². The van der Waals surface area contributed by atoms with Crippen LogP contribution in [0.2, 0.25) is 0 Å². The van der Waals surface area contributed by atoms with Gasteiger partial charge in [0.25, 0.3) is 11.8 Å². The fourth-order valence-electron chi connectivity index (χ4n) is 5.16. The number of thiazole rings is 1. The summed E-state index contributed by atoms with van der Waals surface area (Å²) < 4.78 is 0. The monoisotopic (exact) mass is 572 g/mol. The van der Waals surface area contributed by atoms with Gasteiger partial charge in [-0.15, -0.1) is 29.7 Å². The van der Waals surface area contributed by atoms with E-state index in [1.807, 2.05) is 0 Å². The lowest BCUT2D eigenvalue weighted by Gasteiger charge is -2.49. The number of nitrogen functional groups attached to an aromatic ring is 1. The van der Waals surface area contributed by atoms with Crippen LogP contribution in [0.5, 0.6) is 0 Å². The van der Waals surface area contributed by atoms with E-state index in [1.165, 1.54) is 16.7 Å². The summed E-state index contributed by atoms with van der Waals surface area (Å²) in [5.41, 5.74) is 7.21. The Bertz CT molecular complexity index is 1330. The second kappa shape index (κ2) is 11.2. The largest absolute Gasteiger partial charge is 0.477 e. The van der Waals surface area contributed by atoms with Crippen LogP contribution in [0.25, 0.3) is 0 Å². The van der Waals surface area contributed by atoms with Crippen molar-refractivity contribution >= 4 is 57.6 Å². The number of thioether (sulfide) groups is 1. The number of rotatable bonds is 9. The van der Waals surface area contributed by atoms with E-state index in [-0.39, 0.29) is 40.0 Å². The molecule has 206 valence electrons. The standard InChI is InChI=1S/C25H28N6O6S2/c1-2-5-13(14-8-9-27-20(14)32)15-10-38-23-18(22(34)31(23)19(15)24(35)36)29-21(33)17(16-11-39-25(26)28-16)30-37-12-6-3-4-7-12/h2,11-12,18,23H,1,3-10H2,(H2,26,28)(H,27,32)(H,29,33)(H,35,36)/t18-,23-/m1/s1. The molecule has 12 nitrogen and oxygen atoms in total. The highest BCUT2D eigenvalue weighted by atomic mass is 32.2. The molecule has 4 heterocycles. The van der Waals surface area contributed by atoms with Gasteiger partial charge in [-0.3, -0.25) is 19.3 Å². The number of fused-ring (bicyclic) bond motifs is 1. The highest BCUT2D eigenvalue weighted by Gasteiger charge is 2.55. The molecule has 0 radical (unpaired) electrons. The number of aliphatic carboxylic acids is 1. The van der Waals surface area contributed by atoms with E-state index < -0.39 is 29.2 Å². The lowest BCUT2D eigenvalue weighted by Crippen LogP contribution is -2.71. The molecule has 1 aromatic heterocycles. The average molecular weight is 573 g/mol. The number of aromatic nitrogens is 1. The molecule has 0 aromatic carbocycles. The van der Waals surface area contributed by atoms with E-state index in [4.69, 9.17) is 10.6 Å². The maximum absolute atomic E-state index is 13.3. The van der Waals surface area contributed by atoms with Gasteiger partial charge in [0.1, 0.15) is 28.9 Å². The molecule has 0 bridgehead atoms. The predicted octanol–water partition coefficient (Wildman–Crippen LogP) is 1.52. The first kappa shape index (κ1) is 26.9. The van der Waals surface area contributed by atoms with Crippen molar-refractivity contribution in [1.82, 2.24) is 20.5 Å². The number of carbonyl (C=O) groups is 4. The number of amides is 3. The van der Waals surface area contributed by atoms with Gasteiger partial charge in [0, 0.05) is 23.3 Å². The summed E-state index contributed by atoms with van der Waals surface area (Å²) in [6, 6.07) is -0.976. The first-order valence-electron chi connectivity index (χ1n) is 12.6. The number of nitrogens with zero attached hydrogens (tertiary/aromatic N) is 3. The van der Waals surface area contributed by atoms with Gasteiger partial charge in [-0.1, -0.05) is 11.2 Å². The Balaban J connectivity index is 1.39. The van der Waals surface area contributed by atoms with Gasteiger partial charge in [-0.05, 0) is 49.7 Å². The molecule has 0 unspecified atom stereocenters. The number of oxime groups is 1. The Labute approximate surface area is 232 Å². The molecule has 5 N–H and O–H groups in total. The van der Waals surface area contributed by atoms with Crippen molar-refractivity contribution in [3.63, 3.8) is 0 Å².